The second kappa shape index (κ2) is 12.4. The number of aromatic hydroxyl groups is 1. The fourth-order valence-electron chi connectivity index (χ4n) is 15.2. The molecule has 0 amide bonds. The van der Waals surface area contributed by atoms with E-state index in [9.17, 15) is 24.9 Å². The second-order valence-corrected chi connectivity index (χ2v) is 20.2. The number of benzene rings is 2. The molecule has 55 heavy (non-hydrogen) atoms. The van der Waals surface area contributed by atoms with E-state index in [4.69, 9.17) is 10.5 Å². The average Bonchev–Trinajstić information content (AvgIpc) is 3.50. The molecule has 5 N–H and O–H groups in total. The van der Waals surface area contributed by atoms with Crippen molar-refractivity contribution >= 4 is 17.3 Å². The van der Waals surface area contributed by atoms with E-state index in [0.29, 0.717) is 37.5 Å². The average molecular weight is 748 g/mol. The van der Waals surface area contributed by atoms with Crippen LogP contribution < -0.4 is 5.73 Å². The van der Waals surface area contributed by atoms with E-state index < -0.39 is 45.4 Å². The summed E-state index contributed by atoms with van der Waals surface area (Å²) in [6.07, 6.45) is 9.77. The molecule has 0 unspecified atom stereocenters. The molecule has 294 valence electrons. The summed E-state index contributed by atoms with van der Waals surface area (Å²) < 4.78 is 6.45. The van der Waals surface area contributed by atoms with Crippen LogP contribution in [0.3, 0.4) is 0 Å². The molecule has 4 saturated carbocycles. The third kappa shape index (κ3) is 5.03. The number of hydrogen-bond donors (Lipinski definition) is 4. The van der Waals surface area contributed by atoms with Crippen LogP contribution in [0.25, 0.3) is 0 Å². The smallest absolute Gasteiger partial charge is 0.159 e. The minimum atomic E-state index is -0.750. The molecule has 5 fully saturated rings. The summed E-state index contributed by atoms with van der Waals surface area (Å²) in [5.74, 6) is 0.414. The molecular formula is C48H61NO6. The van der Waals surface area contributed by atoms with Crippen LogP contribution in [0.5, 0.6) is 5.75 Å². The minimum Gasteiger partial charge on any atom is -0.508 e. The second-order valence-electron chi connectivity index (χ2n) is 20.2. The lowest BCUT2D eigenvalue weighted by molar-refractivity contribution is -0.231. The van der Waals surface area contributed by atoms with E-state index in [2.05, 4.69) is 65.8 Å². The van der Waals surface area contributed by atoms with Crippen LogP contribution >= 0.6 is 0 Å². The number of allylic oxidation sites excluding steroid dienone is 4. The van der Waals surface area contributed by atoms with Crippen molar-refractivity contribution in [3.8, 4) is 5.75 Å². The number of nitrogen functional groups attached to an aromatic ring is 1. The van der Waals surface area contributed by atoms with Gasteiger partial charge in [-0.05, 0) is 133 Å². The Kier molecular flexibility index (Phi) is 8.39. The number of aliphatic hydroxyl groups is 2. The minimum absolute atomic E-state index is 0.124. The number of fused-ring (bicyclic) bond motifs is 5. The molecule has 1 aliphatic heterocycles. The lowest BCUT2D eigenvalue weighted by atomic mass is 9.33. The van der Waals surface area contributed by atoms with Crippen molar-refractivity contribution in [2.75, 3.05) is 5.73 Å². The largest absolute Gasteiger partial charge is 0.508 e. The lowest BCUT2D eigenvalue weighted by Crippen LogP contribution is -2.69. The van der Waals surface area contributed by atoms with Crippen LogP contribution in [-0.2, 0) is 14.3 Å². The molecule has 10 rings (SSSR count). The number of phenolic OH excluding ortho intramolecular Hbond substituents is 1. The van der Waals surface area contributed by atoms with E-state index in [1.165, 1.54) is 11.1 Å². The molecule has 7 aliphatic carbocycles. The summed E-state index contributed by atoms with van der Waals surface area (Å²) in [7, 11) is 0. The Balaban J connectivity index is 1.01. The standard InChI is InChI=1S/C48H61NO6/c1-26(21-35(51)43-48(6,55-43)32-16-9-15-31(32)27-11-7-13-29(49)22-27)39-33-18-19-38-46(4,45(33,3)24-36(39)52)25-37(53)41-44(2)20-10-17-34(47(38,41)5)40(42(44)54)28-12-8-14-30(50)23-28/h7-8,10-14,17,22-23,26,31-32,34-35,37-38,40-41,43,50-51,53H,9,15-16,18-21,24-25,49H2,1-6H3/t26-,31+,32+,34-,35-,37+,38-,40-,41-,43+,44+,45+,46+,47+,48-/m1/s1. The Bertz CT molecular complexity index is 2000. The monoisotopic (exact) mass is 747 g/mol. The number of carbonyl (C=O) groups excluding carboxylic acids is 2. The Morgan fingerprint density at radius 1 is 0.982 bits per heavy atom. The molecule has 2 bridgehead atoms. The number of anilines is 1. The summed E-state index contributed by atoms with van der Waals surface area (Å²) in [4.78, 5) is 29.1. The molecule has 8 aliphatic rings. The summed E-state index contributed by atoms with van der Waals surface area (Å²) in [6, 6.07) is 15.4. The highest BCUT2D eigenvalue weighted by atomic mass is 16.6. The van der Waals surface area contributed by atoms with Gasteiger partial charge >= 0.3 is 0 Å². The molecule has 2 aromatic rings. The van der Waals surface area contributed by atoms with Crippen LogP contribution in [0, 0.1) is 51.2 Å². The van der Waals surface area contributed by atoms with E-state index in [-0.39, 0.29) is 47.1 Å². The predicted molar refractivity (Wildman–Crippen MR) is 213 cm³/mol. The van der Waals surface area contributed by atoms with Crippen LogP contribution in [0.15, 0.2) is 71.8 Å². The Morgan fingerprint density at radius 2 is 1.73 bits per heavy atom. The number of phenols is 1. The number of ether oxygens (including phenoxy) is 1. The normalized spacial score (nSPS) is 45.5. The number of carbonyl (C=O) groups is 2. The summed E-state index contributed by atoms with van der Waals surface area (Å²) in [5.41, 5.74) is 8.74. The lowest BCUT2D eigenvalue weighted by Gasteiger charge is -2.71. The van der Waals surface area contributed by atoms with Crippen LogP contribution in [0.2, 0.25) is 0 Å². The first kappa shape index (κ1) is 37.3. The zero-order valence-corrected chi connectivity index (χ0v) is 33.6. The maximum atomic E-state index is 14.7. The SMILES string of the molecule is C[C@H](C[C@@H](O)[C@@H]1O[C@]1(C)[C@H]1CCC[C@H]1c1cccc(N)c1)C1=C2CC[C@H]3[C@]4(C)[C@@H]5C=CC[C@](C)(C(=O)[C@@H]5c5cccc(O)c5)[C@H]4[C@@H](O)C[C@]3(C)[C@@]2(C)CC1=O. The topological polar surface area (TPSA) is 133 Å². The molecule has 15 atom stereocenters. The van der Waals surface area contributed by atoms with Crippen molar-refractivity contribution in [2.24, 2.45) is 51.2 Å². The van der Waals surface area contributed by atoms with Gasteiger partial charge in [-0.2, -0.15) is 0 Å². The summed E-state index contributed by atoms with van der Waals surface area (Å²) in [5, 5.41) is 34.8. The zero-order valence-electron chi connectivity index (χ0n) is 33.6. The number of hydrogen-bond acceptors (Lipinski definition) is 7. The Morgan fingerprint density at radius 3 is 2.47 bits per heavy atom. The maximum Gasteiger partial charge on any atom is 0.159 e. The quantitative estimate of drug-likeness (QED) is 0.127. The number of epoxide rings is 1. The van der Waals surface area contributed by atoms with Crippen molar-refractivity contribution in [1.29, 1.82) is 0 Å². The van der Waals surface area contributed by atoms with Crippen LogP contribution in [0.1, 0.15) is 122 Å². The number of ketones is 2. The molecule has 7 heteroatoms. The zero-order chi connectivity index (χ0) is 39.0. The molecule has 7 nitrogen and oxygen atoms in total. The van der Waals surface area contributed by atoms with E-state index >= 15 is 0 Å². The van der Waals surface area contributed by atoms with Crippen LogP contribution in [0.4, 0.5) is 5.69 Å². The fraction of sp³-hybridized carbons (Fsp3) is 0.625. The molecule has 0 spiro atoms. The third-order valence-electron chi connectivity index (χ3n) is 17.6. The van der Waals surface area contributed by atoms with Gasteiger partial charge in [0.15, 0.2) is 5.78 Å². The molecule has 2 aromatic carbocycles. The van der Waals surface area contributed by atoms with Crippen molar-refractivity contribution < 1.29 is 29.6 Å². The van der Waals surface area contributed by atoms with Gasteiger partial charge in [0.1, 0.15) is 17.6 Å². The van der Waals surface area contributed by atoms with E-state index in [1.807, 2.05) is 24.3 Å². The molecule has 0 radical (unpaired) electrons. The highest BCUT2D eigenvalue weighted by Crippen LogP contribution is 2.77. The van der Waals surface area contributed by atoms with E-state index in [1.54, 1.807) is 12.1 Å². The van der Waals surface area contributed by atoms with Gasteiger partial charge in [0.2, 0.25) is 0 Å². The summed E-state index contributed by atoms with van der Waals surface area (Å²) >= 11 is 0. The Labute approximate surface area is 326 Å². The molecule has 1 saturated heterocycles. The Hall–Kier alpha value is -3.26. The molecular weight excluding hydrogens is 687 g/mol. The highest BCUT2D eigenvalue weighted by molar-refractivity contribution is 6.00. The number of nitrogens with two attached hydrogens (primary N) is 1. The molecule has 0 aromatic heterocycles. The van der Waals surface area contributed by atoms with Crippen molar-refractivity contribution in [3.05, 3.63) is 83.0 Å². The summed E-state index contributed by atoms with van der Waals surface area (Å²) in [6.45, 7) is 13.3. The van der Waals surface area contributed by atoms with Crippen molar-refractivity contribution in [2.45, 2.75) is 135 Å². The highest BCUT2D eigenvalue weighted by Gasteiger charge is 2.74. The number of aliphatic hydroxyl groups excluding tert-OH is 2. The molecule has 1 heterocycles. The van der Waals surface area contributed by atoms with Crippen LogP contribution in [-0.4, -0.2) is 50.8 Å². The first-order valence-corrected chi connectivity index (χ1v) is 21.1. The van der Waals surface area contributed by atoms with Crippen molar-refractivity contribution in [3.63, 3.8) is 0 Å². The third-order valence-corrected chi connectivity index (χ3v) is 17.6. The van der Waals surface area contributed by atoms with Gasteiger partial charge in [-0.1, -0.05) is 83.0 Å². The number of Topliss-reactive ketones (excluding diaryl/α,β-unsaturated/α-hetero) is 2. The van der Waals surface area contributed by atoms with Gasteiger partial charge in [0.25, 0.3) is 0 Å². The van der Waals surface area contributed by atoms with Gasteiger partial charge in [-0.3, -0.25) is 9.59 Å². The van der Waals surface area contributed by atoms with Gasteiger partial charge in [0.05, 0.1) is 23.7 Å². The van der Waals surface area contributed by atoms with Gasteiger partial charge < -0.3 is 25.8 Å². The number of rotatable bonds is 7. The van der Waals surface area contributed by atoms with E-state index in [0.717, 1.165) is 48.9 Å². The fourth-order valence-corrected chi connectivity index (χ4v) is 15.2. The van der Waals surface area contributed by atoms with Gasteiger partial charge in [-0.15, -0.1) is 0 Å². The first-order chi connectivity index (χ1) is 26.0. The first-order valence-electron chi connectivity index (χ1n) is 21.1. The predicted octanol–water partition coefficient (Wildman–Crippen LogP) is 8.43. The van der Waals surface area contributed by atoms with Crippen molar-refractivity contribution in [1.82, 2.24) is 0 Å². The van der Waals surface area contributed by atoms with Gasteiger partial charge in [-0.25, -0.2) is 0 Å². The maximum absolute atomic E-state index is 14.7. The van der Waals surface area contributed by atoms with Gasteiger partial charge in [0, 0.05) is 28.9 Å².